The molecule has 0 saturated carbocycles. The molecule has 0 fully saturated rings. The normalized spacial score (nSPS) is 10.7. The van der Waals surface area contributed by atoms with Crippen LogP contribution in [0, 0.1) is 13.8 Å². The van der Waals surface area contributed by atoms with Crippen LogP contribution >= 0.6 is 15.9 Å². The molecule has 3 rings (SSSR count). The summed E-state index contributed by atoms with van der Waals surface area (Å²) in [6.07, 6.45) is 0.217. The molecule has 0 amide bonds. The number of rotatable bonds is 5. The van der Waals surface area contributed by atoms with Crippen LogP contribution in [0.2, 0.25) is 0 Å². The van der Waals surface area contributed by atoms with Crippen molar-refractivity contribution in [3.63, 3.8) is 0 Å². The highest BCUT2D eigenvalue weighted by atomic mass is 79.9. The average molecular weight is 399 g/mol. The molecule has 128 valence electrons. The molecular formula is C20H19BrN2O2. The average Bonchev–Trinajstić information content (AvgIpc) is 2.90. The monoisotopic (exact) mass is 398 g/mol. The van der Waals surface area contributed by atoms with Gasteiger partial charge in [0.25, 0.3) is 0 Å². The van der Waals surface area contributed by atoms with E-state index in [0.29, 0.717) is 0 Å². The van der Waals surface area contributed by atoms with Crippen LogP contribution in [0.15, 0.2) is 59.1 Å². The Morgan fingerprint density at radius 2 is 1.76 bits per heavy atom. The van der Waals surface area contributed by atoms with Crippen LogP contribution < -0.4 is 0 Å². The van der Waals surface area contributed by atoms with Crippen LogP contribution in [-0.2, 0) is 22.6 Å². The van der Waals surface area contributed by atoms with Crippen molar-refractivity contribution in [1.29, 1.82) is 0 Å². The van der Waals surface area contributed by atoms with Gasteiger partial charge >= 0.3 is 5.97 Å². The van der Waals surface area contributed by atoms with E-state index in [1.807, 2.05) is 73.1 Å². The van der Waals surface area contributed by atoms with E-state index in [1.54, 1.807) is 0 Å². The number of hydrogen-bond acceptors (Lipinski definition) is 3. The van der Waals surface area contributed by atoms with Gasteiger partial charge in [-0.1, -0.05) is 52.3 Å². The summed E-state index contributed by atoms with van der Waals surface area (Å²) in [5.41, 5.74) is 4.65. The Bertz CT molecular complexity index is 888. The second-order valence-electron chi connectivity index (χ2n) is 5.83. The predicted molar refractivity (Wildman–Crippen MR) is 101 cm³/mol. The third-order valence-corrected chi connectivity index (χ3v) is 4.88. The summed E-state index contributed by atoms with van der Waals surface area (Å²) in [6.45, 7) is 4.15. The number of ether oxygens (including phenoxy) is 1. The van der Waals surface area contributed by atoms with Crippen LogP contribution in [0.3, 0.4) is 0 Å². The van der Waals surface area contributed by atoms with Gasteiger partial charge in [0.15, 0.2) is 0 Å². The maximum atomic E-state index is 12.3. The molecule has 4 nitrogen and oxygen atoms in total. The molecule has 0 N–H and O–H groups in total. The largest absolute Gasteiger partial charge is 0.461 e. The van der Waals surface area contributed by atoms with Crippen LogP contribution in [0.5, 0.6) is 0 Å². The van der Waals surface area contributed by atoms with Gasteiger partial charge in [-0.15, -0.1) is 0 Å². The Morgan fingerprint density at radius 1 is 1.08 bits per heavy atom. The lowest BCUT2D eigenvalue weighted by Crippen LogP contribution is -2.09. The minimum Gasteiger partial charge on any atom is -0.461 e. The number of benzene rings is 2. The highest BCUT2D eigenvalue weighted by molar-refractivity contribution is 9.10. The van der Waals surface area contributed by atoms with E-state index in [1.165, 1.54) is 0 Å². The van der Waals surface area contributed by atoms with Gasteiger partial charge in [0.2, 0.25) is 0 Å². The molecule has 2 aromatic carbocycles. The Morgan fingerprint density at radius 3 is 2.48 bits per heavy atom. The fraction of sp³-hybridized carbons (Fsp3) is 0.200. The molecule has 1 aromatic heterocycles. The first-order chi connectivity index (χ1) is 12.1. The summed E-state index contributed by atoms with van der Waals surface area (Å²) >= 11 is 3.46. The van der Waals surface area contributed by atoms with E-state index >= 15 is 0 Å². The first-order valence-corrected chi connectivity index (χ1v) is 8.85. The number of aromatic nitrogens is 2. The molecule has 25 heavy (non-hydrogen) atoms. The third-order valence-electron chi connectivity index (χ3n) is 4.11. The molecule has 1 heterocycles. The third kappa shape index (κ3) is 3.99. The zero-order valence-electron chi connectivity index (χ0n) is 14.2. The van der Waals surface area contributed by atoms with E-state index in [-0.39, 0.29) is 19.0 Å². The van der Waals surface area contributed by atoms with Crippen molar-refractivity contribution in [2.75, 3.05) is 0 Å². The molecule has 0 saturated heterocycles. The van der Waals surface area contributed by atoms with Crippen molar-refractivity contribution in [3.8, 4) is 5.69 Å². The summed E-state index contributed by atoms with van der Waals surface area (Å²) in [5.74, 6) is -0.255. The number of carbonyl (C=O) groups excluding carboxylic acids is 1. The Labute approximate surface area is 155 Å². The van der Waals surface area contributed by atoms with Gasteiger partial charge in [0, 0.05) is 21.3 Å². The van der Waals surface area contributed by atoms with Crippen molar-refractivity contribution >= 4 is 21.9 Å². The van der Waals surface area contributed by atoms with Crippen LogP contribution in [0.4, 0.5) is 0 Å². The summed E-state index contributed by atoms with van der Waals surface area (Å²) < 4.78 is 8.24. The van der Waals surface area contributed by atoms with E-state index in [0.717, 1.165) is 32.7 Å². The molecule has 0 aliphatic carbocycles. The van der Waals surface area contributed by atoms with Crippen molar-refractivity contribution in [2.45, 2.75) is 26.9 Å². The van der Waals surface area contributed by atoms with Gasteiger partial charge in [-0.25, -0.2) is 4.68 Å². The number of para-hydroxylation sites is 1. The second kappa shape index (κ2) is 7.66. The lowest BCUT2D eigenvalue weighted by atomic mass is 10.1. The van der Waals surface area contributed by atoms with Crippen molar-refractivity contribution in [2.24, 2.45) is 0 Å². The summed E-state index contributed by atoms with van der Waals surface area (Å²) in [4.78, 5) is 12.3. The predicted octanol–water partition coefficient (Wildman–Crippen LogP) is 4.54. The summed E-state index contributed by atoms with van der Waals surface area (Å²) in [6, 6.07) is 17.6. The number of hydrogen-bond donors (Lipinski definition) is 0. The quantitative estimate of drug-likeness (QED) is 0.592. The van der Waals surface area contributed by atoms with E-state index in [4.69, 9.17) is 4.74 Å². The lowest BCUT2D eigenvalue weighted by Gasteiger charge is -2.07. The molecule has 0 radical (unpaired) electrons. The molecule has 0 bridgehead atoms. The van der Waals surface area contributed by atoms with E-state index in [9.17, 15) is 4.79 Å². The van der Waals surface area contributed by atoms with Crippen LogP contribution in [0.1, 0.15) is 22.5 Å². The first-order valence-electron chi connectivity index (χ1n) is 8.06. The number of aryl methyl sites for hydroxylation is 1. The topological polar surface area (TPSA) is 44.1 Å². The molecule has 0 spiro atoms. The number of nitrogens with zero attached hydrogens (tertiary/aromatic N) is 2. The molecule has 0 aliphatic heterocycles. The highest BCUT2D eigenvalue weighted by Gasteiger charge is 2.17. The van der Waals surface area contributed by atoms with Crippen LogP contribution in [-0.4, -0.2) is 15.7 Å². The molecule has 0 atom stereocenters. The standard InChI is InChI=1S/C20H19BrN2O2/c1-14-18(15(2)23(22-14)17-9-4-3-5-10-17)12-20(24)25-13-16-8-6-7-11-19(16)21/h3-11H,12-13H2,1-2H3. The molecule has 3 aromatic rings. The fourth-order valence-electron chi connectivity index (χ4n) is 2.72. The van der Waals surface area contributed by atoms with Gasteiger partial charge in [-0.05, 0) is 32.0 Å². The molecular weight excluding hydrogens is 380 g/mol. The Balaban J connectivity index is 1.72. The van der Waals surface area contributed by atoms with Crippen LogP contribution in [0.25, 0.3) is 5.69 Å². The van der Waals surface area contributed by atoms with Gasteiger partial charge in [-0.2, -0.15) is 5.10 Å². The Hall–Kier alpha value is -2.40. The van der Waals surface area contributed by atoms with E-state index in [2.05, 4.69) is 21.0 Å². The maximum Gasteiger partial charge on any atom is 0.310 e. The number of halogens is 1. The fourth-order valence-corrected chi connectivity index (χ4v) is 3.12. The maximum absolute atomic E-state index is 12.3. The summed E-state index contributed by atoms with van der Waals surface area (Å²) in [7, 11) is 0. The minimum atomic E-state index is -0.255. The van der Waals surface area contributed by atoms with Gasteiger partial charge in [0.05, 0.1) is 17.8 Å². The zero-order chi connectivity index (χ0) is 17.8. The van der Waals surface area contributed by atoms with Crippen molar-refractivity contribution in [3.05, 3.63) is 81.6 Å². The van der Waals surface area contributed by atoms with Crippen molar-refractivity contribution < 1.29 is 9.53 Å². The van der Waals surface area contributed by atoms with Gasteiger partial charge < -0.3 is 4.74 Å². The lowest BCUT2D eigenvalue weighted by molar-refractivity contribution is -0.144. The molecule has 0 aliphatic rings. The number of carbonyl (C=O) groups is 1. The smallest absolute Gasteiger partial charge is 0.310 e. The minimum absolute atomic E-state index is 0.217. The molecule has 5 heteroatoms. The number of esters is 1. The first kappa shape index (κ1) is 17.4. The second-order valence-corrected chi connectivity index (χ2v) is 6.68. The highest BCUT2D eigenvalue weighted by Crippen LogP contribution is 2.20. The summed E-state index contributed by atoms with van der Waals surface area (Å²) in [5, 5.41) is 4.57. The molecule has 0 unspecified atom stereocenters. The SMILES string of the molecule is Cc1nn(-c2ccccc2)c(C)c1CC(=O)OCc1ccccc1Br. The van der Waals surface area contributed by atoms with Gasteiger partial charge in [0.1, 0.15) is 6.61 Å². The Kier molecular flexibility index (Phi) is 5.34. The zero-order valence-corrected chi connectivity index (χ0v) is 15.8. The van der Waals surface area contributed by atoms with Crippen molar-refractivity contribution in [1.82, 2.24) is 9.78 Å². The van der Waals surface area contributed by atoms with Gasteiger partial charge in [-0.3, -0.25) is 4.79 Å². The van der Waals surface area contributed by atoms with E-state index < -0.39 is 0 Å².